The van der Waals surface area contributed by atoms with E-state index in [1.54, 1.807) is 12.4 Å². The summed E-state index contributed by atoms with van der Waals surface area (Å²) in [6.45, 7) is 4.77. The average Bonchev–Trinajstić information content (AvgIpc) is 2.80. The average molecular weight is 263 g/mol. The minimum atomic E-state index is -0.298. The third kappa shape index (κ3) is 2.64. The van der Waals surface area contributed by atoms with Crippen molar-refractivity contribution in [3.8, 4) is 0 Å². The smallest absolute Gasteiger partial charge is 0.325 e. The predicted molar refractivity (Wildman–Crippen MR) is 70.0 cm³/mol. The Kier molecular flexibility index (Phi) is 3.94. The van der Waals surface area contributed by atoms with E-state index in [4.69, 9.17) is 4.74 Å². The zero-order valence-corrected chi connectivity index (χ0v) is 11.3. The zero-order chi connectivity index (χ0) is 13.8. The van der Waals surface area contributed by atoms with Crippen molar-refractivity contribution in [1.29, 1.82) is 0 Å². The second-order valence-corrected chi connectivity index (χ2v) is 4.19. The van der Waals surface area contributed by atoms with E-state index in [1.807, 2.05) is 23.1 Å². The molecule has 0 amide bonds. The Hall–Kier alpha value is -2.18. The molecule has 0 saturated heterocycles. The van der Waals surface area contributed by atoms with Crippen LogP contribution in [0.2, 0.25) is 0 Å². The number of esters is 1. The number of aryl methyl sites for hydroxylation is 1. The molecule has 2 heterocycles. The zero-order valence-electron chi connectivity index (χ0n) is 11.3. The second-order valence-electron chi connectivity index (χ2n) is 4.19. The molecule has 102 valence electrons. The van der Waals surface area contributed by atoms with E-state index in [1.165, 1.54) is 7.11 Å². The number of carbonyl (C=O) groups is 1. The Bertz CT molecular complexity index is 581. The van der Waals surface area contributed by atoms with Crippen LogP contribution in [0.5, 0.6) is 0 Å². The number of hydrogen-bond acceptors (Lipinski definition) is 6. The molecule has 0 aliphatic rings. The van der Waals surface area contributed by atoms with Crippen molar-refractivity contribution >= 4 is 17.4 Å². The second kappa shape index (κ2) is 5.64. The number of hydrogen-bond donors (Lipinski definition) is 0. The van der Waals surface area contributed by atoms with E-state index >= 15 is 0 Å². The maximum absolute atomic E-state index is 11.5. The first-order valence-electron chi connectivity index (χ1n) is 6.15. The van der Waals surface area contributed by atoms with Crippen molar-refractivity contribution in [1.82, 2.24) is 19.6 Å². The highest BCUT2D eigenvalue weighted by Gasteiger charge is 2.17. The van der Waals surface area contributed by atoms with E-state index in [0.29, 0.717) is 18.0 Å². The standard InChI is InChI=1S/C12H17N5O2/c1-4-6-16(8-10(18)19-3)11-12-15-14-9(2)17(12)7-5-13-11/h5,7H,4,6,8H2,1-3H3. The number of ether oxygens (including phenoxy) is 1. The third-order valence-electron chi connectivity index (χ3n) is 2.82. The molecule has 7 heteroatoms. The van der Waals surface area contributed by atoms with Gasteiger partial charge in [0.2, 0.25) is 5.65 Å². The van der Waals surface area contributed by atoms with Gasteiger partial charge in [0, 0.05) is 18.9 Å². The number of aromatic nitrogens is 4. The highest BCUT2D eigenvalue weighted by molar-refractivity contribution is 5.77. The van der Waals surface area contributed by atoms with Gasteiger partial charge in [-0.1, -0.05) is 6.92 Å². The minimum absolute atomic E-state index is 0.156. The SMILES string of the molecule is CCCN(CC(=O)OC)c1nccn2c(C)nnc12. The number of anilines is 1. The highest BCUT2D eigenvalue weighted by atomic mass is 16.5. The summed E-state index contributed by atoms with van der Waals surface area (Å²) in [5, 5.41) is 8.14. The van der Waals surface area contributed by atoms with Crippen LogP contribution in [-0.4, -0.2) is 45.8 Å². The van der Waals surface area contributed by atoms with Crippen LogP contribution in [0.15, 0.2) is 12.4 Å². The van der Waals surface area contributed by atoms with Gasteiger partial charge in [-0.3, -0.25) is 9.20 Å². The lowest BCUT2D eigenvalue weighted by molar-refractivity contribution is -0.138. The number of methoxy groups -OCH3 is 1. The molecule has 0 N–H and O–H groups in total. The van der Waals surface area contributed by atoms with Crippen molar-refractivity contribution in [3.63, 3.8) is 0 Å². The molecule has 0 aromatic carbocycles. The van der Waals surface area contributed by atoms with Crippen LogP contribution in [0.3, 0.4) is 0 Å². The van der Waals surface area contributed by atoms with Gasteiger partial charge in [-0.05, 0) is 13.3 Å². The molecule has 0 aliphatic carbocycles. The van der Waals surface area contributed by atoms with Gasteiger partial charge in [0.05, 0.1) is 7.11 Å². The molecule has 0 atom stereocenters. The lowest BCUT2D eigenvalue weighted by atomic mass is 10.4. The van der Waals surface area contributed by atoms with Crippen molar-refractivity contribution in [2.24, 2.45) is 0 Å². The molecule has 2 rings (SSSR count). The summed E-state index contributed by atoms with van der Waals surface area (Å²) in [5.41, 5.74) is 0.650. The summed E-state index contributed by atoms with van der Waals surface area (Å²) in [4.78, 5) is 17.7. The van der Waals surface area contributed by atoms with E-state index in [0.717, 1.165) is 12.2 Å². The van der Waals surface area contributed by atoms with Gasteiger partial charge in [0.15, 0.2) is 5.82 Å². The summed E-state index contributed by atoms with van der Waals surface area (Å²) in [6.07, 6.45) is 4.38. The van der Waals surface area contributed by atoms with Gasteiger partial charge in [-0.15, -0.1) is 10.2 Å². The Morgan fingerprint density at radius 3 is 2.95 bits per heavy atom. The maximum Gasteiger partial charge on any atom is 0.325 e. The fourth-order valence-electron chi connectivity index (χ4n) is 1.90. The van der Waals surface area contributed by atoms with Crippen molar-refractivity contribution in [3.05, 3.63) is 18.2 Å². The van der Waals surface area contributed by atoms with E-state index < -0.39 is 0 Å². The summed E-state index contributed by atoms with van der Waals surface area (Å²) in [7, 11) is 1.38. The normalized spacial score (nSPS) is 10.7. The fourth-order valence-corrected chi connectivity index (χ4v) is 1.90. The predicted octanol–water partition coefficient (Wildman–Crippen LogP) is 0.822. The number of carbonyl (C=O) groups excluding carboxylic acids is 1. The van der Waals surface area contributed by atoms with Gasteiger partial charge in [0.1, 0.15) is 12.4 Å². The van der Waals surface area contributed by atoms with E-state index in [9.17, 15) is 4.79 Å². The van der Waals surface area contributed by atoms with E-state index in [-0.39, 0.29) is 12.5 Å². The number of fused-ring (bicyclic) bond motifs is 1. The van der Waals surface area contributed by atoms with Crippen LogP contribution in [0.25, 0.3) is 5.65 Å². The fraction of sp³-hybridized carbons (Fsp3) is 0.500. The molecule has 2 aromatic rings. The van der Waals surface area contributed by atoms with Gasteiger partial charge >= 0.3 is 5.97 Å². The summed E-state index contributed by atoms with van der Waals surface area (Å²) >= 11 is 0. The first-order chi connectivity index (χ1) is 9.17. The lowest BCUT2D eigenvalue weighted by Gasteiger charge is -2.21. The van der Waals surface area contributed by atoms with Crippen LogP contribution >= 0.6 is 0 Å². The van der Waals surface area contributed by atoms with Crippen molar-refractivity contribution in [2.75, 3.05) is 25.1 Å². The molecule has 0 saturated carbocycles. The minimum Gasteiger partial charge on any atom is -0.468 e. The molecule has 0 radical (unpaired) electrons. The molecule has 0 spiro atoms. The lowest BCUT2D eigenvalue weighted by Crippen LogP contribution is -2.32. The Balaban J connectivity index is 2.40. The Morgan fingerprint density at radius 1 is 1.47 bits per heavy atom. The molecule has 2 aromatic heterocycles. The van der Waals surface area contributed by atoms with E-state index in [2.05, 4.69) is 15.2 Å². The quantitative estimate of drug-likeness (QED) is 0.744. The number of rotatable bonds is 5. The maximum atomic E-state index is 11.5. The Morgan fingerprint density at radius 2 is 2.26 bits per heavy atom. The first kappa shape index (κ1) is 13.3. The van der Waals surface area contributed by atoms with Crippen molar-refractivity contribution < 1.29 is 9.53 Å². The monoisotopic (exact) mass is 263 g/mol. The van der Waals surface area contributed by atoms with Crippen LogP contribution < -0.4 is 4.90 Å². The summed E-state index contributed by atoms with van der Waals surface area (Å²) in [6, 6.07) is 0. The molecule has 0 aliphatic heterocycles. The third-order valence-corrected chi connectivity index (χ3v) is 2.82. The molecule has 7 nitrogen and oxygen atoms in total. The largest absolute Gasteiger partial charge is 0.468 e. The van der Waals surface area contributed by atoms with Gasteiger partial charge in [-0.25, -0.2) is 4.98 Å². The molecule has 19 heavy (non-hydrogen) atoms. The first-order valence-corrected chi connectivity index (χ1v) is 6.15. The van der Waals surface area contributed by atoms with Crippen LogP contribution in [0, 0.1) is 6.92 Å². The summed E-state index contributed by atoms with van der Waals surface area (Å²) in [5.74, 6) is 1.14. The van der Waals surface area contributed by atoms with Gasteiger partial charge in [-0.2, -0.15) is 0 Å². The molecule has 0 bridgehead atoms. The van der Waals surface area contributed by atoms with Gasteiger partial charge in [0.25, 0.3) is 0 Å². The summed E-state index contributed by atoms with van der Waals surface area (Å²) < 4.78 is 6.56. The molecule has 0 fully saturated rings. The molecule has 0 unspecified atom stereocenters. The molecular formula is C12H17N5O2. The topological polar surface area (TPSA) is 72.6 Å². The number of nitrogens with zero attached hydrogens (tertiary/aromatic N) is 5. The van der Waals surface area contributed by atoms with Crippen LogP contribution in [0.1, 0.15) is 19.2 Å². The highest BCUT2D eigenvalue weighted by Crippen LogP contribution is 2.17. The van der Waals surface area contributed by atoms with Crippen LogP contribution in [-0.2, 0) is 9.53 Å². The van der Waals surface area contributed by atoms with Crippen molar-refractivity contribution in [2.45, 2.75) is 20.3 Å². The Labute approximate surface area is 111 Å². The van der Waals surface area contributed by atoms with Gasteiger partial charge < -0.3 is 9.64 Å². The molecular weight excluding hydrogens is 246 g/mol. The van der Waals surface area contributed by atoms with Crippen LogP contribution in [0.4, 0.5) is 5.82 Å².